The summed E-state index contributed by atoms with van der Waals surface area (Å²) < 4.78 is 38.2. The molecule has 0 aliphatic heterocycles. The second kappa shape index (κ2) is 17.3. The van der Waals surface area contributed by atoms with Crippen molar-refractivity contribution in [3.05, 3.63) is 53.1 Å². The number of aliphatic imine (C=N–C) groups is 1. The van der Waals surface area contributed by atoms with Crippen LogP contribution in [0.5, 0.6) is 0 Å². The van der Waals surface area contributed by atoms with E-state index in [2.05, 4.69) is 27.2 Å². The van der Waals surface area contributed by atoms with Crippen molar-refractivity contribution in [3.63, 3.8) is 0 Å². The first-order chi connectivity index (χ1) is 18.3. The lowest BCUT2D eigenvalue weighted by atomic mass is 10.1. The molecule has 0 saturated carbocycles. The monoisotopic (exact) mass is 608 g/mol. The fraction of sp³-hybridized carbons (Fsp3) is 0.440. The van der Waals surface area contributed by atoms with Crippen LogP contribution < -0.4 is 10.6 Å². The van der Waals surface area contributed by atoms with Gasteiger partial charge in [-0.3, -0.25) is 14.6 Å². The van der Waals surface area contributed by atoms with Gasteiger partial charge in [-0.25, -0.2) is 4.98 Å². The van der Waals surface area contributed by atoms with Gasteiger partial charge in [0.25, 0.3) is 5.91 Å². The maximum absolute atomic E-state index is 12.7. The van der Waals surface area contributed by atoms with E-state index in [0.29, 0.717) is 10.0 Å². The van der Waals surface area contributed by atoms with Crippen LogP contribution in [0.25, 0.3) is 10.6 Å². The number of nitrogens with one attached hydrogen (secondary N) is 2. The molecule has 0 aliphatic rings. The zero-order chi connectivity index (χ0) is 29.6. The Labute approximate surface area is 238 Å². The van der Waals surface area contributed by atoms with E-state index >= 15 is 0 Å². The van der Waals surface area contributed by atoms with Crippen molar-refractivity contribution in [3.8, 4) is 10.6 Å². The molecule has 2 aromatic rings. The summed E-state index contributed by atoms with van der Waals surface area (Å²) >= 11 is 8.08. The molecule has 0 radical (unpaired) electrons. The van der Waals surface area contributed by atoms with Crippen molar-refractivity contribution in [1.82, 2.24) is 15.6 Å². The van der Waals surface area contributed by atoms with Crippen molar-refractivity contribution in [2.45, 2.75) is 57.5 Å². The maximum atomic E-state index is 12.7. The van der Waals surface area contributed by atoms with Gasteiger partial charge in [0.1, 0.15) is 21.0 Å². The Bertz CT molecular complexity index is 1110. The number of carbonyl (C=O) groups excluding carboxylic acids is 2. The fourth-order valence-corrected chi connectivity index (χ4v) is 4.38. The molecule has 1 heterocycles. The average molecular weight is 609 g/mol. The summed E-state index contributed by atoms with van der Waals surface area (Å²) in [4.78, 5) is 33.0. The van der Waals surface area contributed by atoms with Crippen LogP contribution in [0.2, 0.25) is 5.02 Å². The van der Waals surface area contributed by atoms with E-state index in [4.69, 9.17) is 16.7 Å². The first kappa shape index (κ1) is 34.6. The number of hydrogen-bond acceptors (Lipinski definition) is 8. The number of rotatable bonds is 11. The van der Waals surface area contributed by atoms with Crippen LogP contribution in [0.1, 0.15) is 42.8 Å². The molecule has 39 heavy (non-hydrogen) atoms. The minimum atomic E-state index is -4.47. The summed E-state index contributed by atoms with van der Waals surface area (Å²) in [5, 5.41) is 24.7. The molecule has 216 valence electrons. The third-order valence-electron chi connectivity index (χ3n) is 4.95. The van der Waals surface area contributed by atoms with Gasteiger partial charge in [0.2, 0.25) is 5.91 Å². The Morgan fingerprint density at radius 2 is 2.00 bits per heavy atom. The molecular weight excluding hydrogens is 577 g/mol. The molecule has 0 fully saturated rings. The van der Waals surface area contributed by atoms with Crippen molar-refractivity contribution >= 4 is 51.6 Å². The highest BCUT2D eigenvalue weighted by Gasteiger charge is 2.33. The minimum absolute atomic E-state index is 0.102. The number of alkyl halides is 3. The number of thioether (sulfide) groups is 1. The first-order valence-electron chi connectivity index (χ1n) is 11.8. The van der Waals surface area contributed by atoms with Crippen LogP contribution >= 0.6 is 34.7 Å². The van der Waals surface area contributed by atoms with Gasteiger partial charge in [-0.2, -0.15) is 13.2 Å². The van der Waals surface area contributed by atoms with Crippen LogP contribution in [0, 0.1) is 0 Å². The van der Waals surface area contributed by atoms with E-state index in [1.165, 1.54) is 6.20 Å². The Morgan fingerprint density at radius 3 is 2.54 bits per heavy atom. The van der Waals surface area contributed by atoms with Gasteiger partial charge in [0.15, 0.2) is 0 Å². The predicted octanol–water partition coefficient (Wildman–Crippen LogP) is 5.06. The van der Waals surface area contributed by atoms with Crippen molar-refractivity contribution < 1.29 is 33.0 Å². The Kier molecular flexibility index (Phi) is 15.3. The van der Waals surface area contributed by atoms with E-state index in [1.807, 2.05) is 6.92 Å². The highest BCUT2D eigenvalue weighted by molar-refractivity contribution is 8.13. The molecular formula is C25H32ClF3N4O4S2. The summed E-state index contributed by atoms with van der Waals surface area (Å²) in [5.41, 5.74) is 0.724. The molecule has 1 aromatic carbocycles. The van der Waals surface area contributed by atoms with Crippen molar-refractivity contribution in [2.24, 2.45) is 4.99 Å². The molecule has 1 aromatic heterocycles. The zero-order valence-electron chi connectivity index (χ0n) is 21.7. The Balaban J connectivity index is 0.00000139. The summed E-state index contributed by atoms with van der Waals surface area (Å²) in [6.07, 6.45) is -2.92. The minimum Gasteiger partial charge on any atom is -0.393 e. The SMILES string of the molecule is C=CN=C(SC)C(O)C(CCC(F)(F)F)NC(=O)CNC(=O)c1cnc(-c2cccc(Cl)c2)s1.CCC(C)O. The van der Waals surface area contributed by atoms with Crippen LogP contribution in [0.4, 0.5) is 13.2 Å². The number of benzene rings is 1. The van der Waals surface area contributed by atoms with E-state index < -0.39 is 49.5 Å². The lowest BCUT2D eigenvalue weighted by molar-refractivity contribution is -0.139. The number of aromatic nitrogens is 1. The summed E-state index contributed by atoms with van der Waals surface area (Å²) in [7, 11) is 0. The first-order valence-corrected chi connectivity index (χ1v) is 14.2. The molecule has 3 atom stereocenters. The third-order valence-corrected chi connectivity index (χ3v) is 6.99. The highest BCUT2D eigenvalue weighted by Crippen LogP contribution is 2.27. The van der Waals surface area contributed by atoms with Crippen LogP contribution in [-0.4, -0.2) is 69.3 Å². The van der Waals surface area contributed by atoms with Crippen LogP contribution in [-0.2, 0) is 4.79 Å². The summed E-state index contributed by atoms with van der Waals surface area (Å²) in [5.74, 6) is -1.34. The number of halogens is 4. The summed E-state index contributed by atoms with van der Waals surface area (Å²) in [6.45, 7) is 6.62. The van der Waals surface area contributed by atoms with Gasteiger partial charge in [-0.15, -0.1) is 23.1 Å². The molecule has 0 spiro atoms. The lowest BCUT2D eigenvalue weighted by Gasteiger charge is -2.25. The number of thiazole rings is 1. The number of aliphatic hydroxyl groups excluding tert-OH is 2. The Hall–Kier alpha value is -2.45. The smallest absolute Gasteiger partial charge is 0.389 e. The molecule has 0 saturated heterocycles. The van der Waals surface area contributed by atoms with Gasteiger partial charge in [-0.05, 0) is 38.2 Å². The highest BCUT2D eigenvalue weighted by atomic mass is 35.5. The van der Waals surface area contributed by atoms with Gasteiger partial charge < -0.3 is 20.8 Å². The lowest BCUT2D eigenvalue weighted by Crippen LogP contribution is -2.49. The van der Waals surface area contributed by atoms with Crippen LogP contribution in [0.15, 0.2) is 48.2 Å². The number of aliphatic hydroxyl groups is 2. The summed E-state index contributed by atoms with van der Waals surface area (Å²) in [6, 6.07) is 5.66. The number of hydrogen-bond donors (Lipinski definition) is 4. The average Bonchev–Trinajstić information content (AvgIpc) is 3.38. The second-order valence-electron chi connectivity index (χ2n) is 8.11. The number of carbonyl (C=O) groups is 2. The van der Waals surface area contributed by atoms with E-state index in [1.54, 1.807) is 37.4 Å². The van der Waals surface area contributed by atoms with Crippen LogP contribution in [0.3, 0.4) is 0 Å². The molecule has 2 rings (SSSR count). The predicted molar refractivity (Wildman–Crippen MR) is 151 cm³/mol. The largest absolute Gasteiger partial charge is 0.393 e. The second-order valence-corrected chi connectivity index (χ2v) is 10.4. The molecule has 0 aliphatic carbocycles. The molecule has 8 nitrogen and oxygen atoms in total. The Morgan fingerprint density at radius 1 is 1.33 bits per heavy atom. The van der Waals surface area contributed by atoms with Gasteiger partial charge in [0.05, 0.1) is 24.9 Å². The van der Waals surface area contributed by atoms with Crippen molar-refractivity contribution in [1.29, 1.82) is 0 Å². The third kappa shape index (κ3) is 13.4. The van der Waals surface area contributed by atoms with Gasteiger partial charge in [-0.1, -0.05) is 37.2 Å². The molecule has 14 heteroatoms. The fourth-order valence-electron chi connectivity index (χ4n) is 2.78. The molecule has 3 unspecified atom stereocenters. The number of amides is 2. The van der Waals surface area contributed by atoms with Crippen molar-refractivity contribution in [2.75, 3.05) is 12.8 Å². The maximum Gasteiger partial charge on any atom is 0.389 e. The molecule has 4 N–H and O–H groups in total. The standard InChI is InChI=1S/C21H22ClF3N4O3S2.C4H10O/c1-3-26-20(33-2)17(31)14(7-8-21(23,24)25)29-16(30)11-27-18(32)15-10-28-19(34-15)12-5-4-6-13(22)9-12;1-3-4(2)5/h3-6,9-10,14,17,31H,1,7-8,11H2,2H3,(H,27,32)(H,29,30);4-5H,3H2,1-2H3. The number of nitrogens with zero attached hydrogens (tertiary/aromatic N) is 2. The van der Waals surface area contributed by atoms with Gasteiger partial charge in [0, 0.05) is 23.2 Å². The van der Waals surface area contributed by atoms with E-state index in [0.717, 1.165) is 41.3 Å². The normalized spacial score (nSPS) is 13.9. The van der Waals surface area contributed by atoms with Gasteiger partial charge >= 0.3 is 6.18 Å². The molecule has 2 amide bonds. The van der Waals surface area contributed by atoms with E-state index in [-0.39, 0.29) is 16.0 Å². The topological polar surface area (TPSA) is 124 Å². The van der Waals surface area contributed by atoms with E-state index in [9.17, 15) is 27.9 Å². The quantitative estimate of drug-likeness (QED) is 0.209. The molecule has 0 bridgehead atoms. The zero-order valence-corrected chi connectivity index (χ0v) is 24.1.